The molecule has 3 rings (SSSR count). The van der Waals surface area contributed by atoms with E-state index < -0.39 is 0 Å². The molecule has 1 aromatic heterocycles. The van der Waals surface area contributed by atoms with E-state index in [1.54, 1.807) is 11.3 Å². The van der Waals surface area contributed by atoms with Crippen LogP contribution in [0.4, 0.5) is 5.69 Å². The maximum atomic E-state index is 4.75. The van der Waals surface area contributed by atoms with Crippen LogP contribution in [0, 0.1) is 6.92 Å². The van der Waals surface area contributed by atoms with Crippen molar-refractivity contribution in [2.75, 3.05) is 31.1 Å². The molecular weight excluding hydrogens is 278 g/mol. The third kappa shape index (κ3) is 3.45. The van der Waals surface area contributed by atoms with Crippen molar-refractivity contribution < 1.29 is 0 Å². The van der Waals surface area contributed by atoms with Crippen LogP contribution in [0.25, 0.3) is 0 Å². The number of rotatable bonds is 3. The molecule has 0 saturated carbocycles. The molecule has 21 heavy (non-hydrogen) atoms. The summed E-state index contributed by atoms with van der Waals surface area (Å²) in [6, 6.07) is 13.0. The highest BCUT2D eigenvalue weighted by Gasteiger charge is 2.16. The minimum absolute atomic E-state index is 0.983. The highest BCUT2D eigenvalue weighted by molar-refractivity contribution is 7.12. The minimum Gasteiger partial charge on any atom is -0.368 e. The van der Waals surface area contributed by atoms with E-state index in [0.717, 1.165) is 31.9 Å². The van der Waals surface area contributed by atoms with Gasteiger partial charge >= 0.3 is 0 Å². The van der Waals surface area contributed by atoms with Crippen molar-refractivity contribution in [2.45, 2.75) is 13.8 Å². The molecule has 1 aromatic carbocycles. The second kappa shape index (κ2) is 6.31. The largest absolute Gasteiger partial charge is 0.368 e. The van der Waals surface area contributed by atoms with Gasteiger partial charge < -0.3 is 4.90 Å². The fourth-order valence-electron chi connectivity index (χ4n) is 2.56. The number of aryl methyl sites for hydroxylation is 1. The molecule has 0 spiro atoms. The summed E-state index contributed by atoms with van der Waals surface area (Å²) in [5.74, 6) is 0. The van der Waals surface area contributed by atoms with Crippen LogP contribution in [0.1, 0.15) is 17.4 Å². The molecule has 1 saturated heterocycles. The number of piperazine rings is 1. The van der Waals surface area contributed by atoms with Crippen molar-refractivity contribution in [1.29, 1.82) is 0 Å². The van der Waals surface area contributed by atoms with E-state index in [-0.39, 0.29) is 0 Å². The van der Waals surface area contributed by atoms with Crippen molar-refractivity contribution in [3.8, 4) is 0 Å². The Balaban J connectivity index is 1.60. The van der Waals surface area contributed by atoms with E-state index in [1.807, 2.05) is 0 Å². The summed E-state index contributed by atoms with van der Waals surface area (Å²) in [5.41, 5.74) is 3.75. The average molecular weight is 299 g/mol. The molecule has 2 heterocycles. The molecule has 0 radical (unpaired) electrons. The third-order valence-corrected chi connectivity index (χ3v) is 4.80. The van der Waals surface area contributed by atoms with E-state index in [9.17, 15) is 0 Å². The quantitative estimate of drug-likeness (QED) is 0.806. The first kappa shape index (κ1) is 14.1. The highest BCUT2D eigenvalue weighted by atomic mass is 32.1. The first-order chi connectivity index (χ1) is 10.2. The Morgan fingerprint density at radius 2 is 1.76 bits per heavy atom. The van der Waals surface area contributed by atoms with Crippen molar-refractivity contribution in [1.82, 2.24) is 5.01 Å². The van der Waals surface area contributed by atoms with Gasteiger partial charge in [-0.3, -0.25) is 5.01 Å². The van der Waals surface area contributed by atoms with Gasteiger partial charge in [0, 0.05) is 23.7 Å². The van der Waals surface area contributed by atoms with Gasteiger partial charge in [-0.15, -0.1) is 11.3 Å². The van der Waals surface area contributed by atoms with Crippen molar-refractivity contribution in [2.24, 2.45) is 5.10 Å². The van der Waals surface area contributed by atoms with E-state index >= 15 is 0 Å². The third-order valence-electron chi connectivity index (χ3n) is 3.82. The fourth-order valence-corrected chi connectivity index (χ4v) is 3.23. The predicted octanol–water partition coefficient (Wildman–Crippen LogP) is 3.60. The van der Waals surface area contributed by atoms with Gasteiger partial charge in [-0.05, 0) is 37.4 Å². The first-order valence-electron chi connectivity index (χ1n) is 7.38. The summed E-state index contributed by atoms with van der Waals surface area (Å²) >= 11 is 1.75. The van der Waals surface area contributed by atoms with Gasteiger partial charge in [0.2, 0.25) is 0 Å². The number of hydrogen-bond acceptors (Lipinski definition) is 4. The van der Waals surface area contributed by atoms with Crippen molar-refractivity contribution in [3.63, 3.8) is 0 Å². The Hall–Kier alpha value is -1.81. The van der Waals surface area contributed by atoms with Crippen molar-refractivity contribution >= 4 is 22.7 Å². The second-order valence-corrected chi connectivity index (χ2v) is 6.39. The van der Waals surface area contributed by atoms with Gasteiger partial charge in [-0.2, -0.15) is 5.10 Å². The Kier molecular flexibility index (Phi) is 4.25. The van der Waals surface area contributed by atoms with Gasteiger partial charge in [-0.25, -0.2) is 0 Å². The summed E-state index contributed by atoms with van der Waals surface area (Å²) in [4.78, 5) is 3.70. The van der Waals surface area contributed by atoms with Gasteiger partial charge in [-0.1, -0.05) is 23.8 Å². The summed E-state index contributed by atoms with van der Waals surface area (Å²) < 4.78 is 0. The molecule has 110 valence electrons. The summed E-state index contributed by atoms with van der Waals surface area (Å²) in [6.45, 7) is 8.25. The molecule has 0 amide bonds. The molecule has 1 aliphatic rings. The number of anilines is 1. The van der Waals surface area contributed by atoms with Gasteiger partial charge in [0.25, 0.3) is 0 Å². The number of hydrazone groups is 1. The maximum Gasteiger partial charge on any atom is 0.0746 e. The topological polar surface area (TPSA) is 18.8 Å². The Morgan fingerprint density at radius 3 is 2.38 bits per heavy atom. The lowest BCUT2D eigenvalue weighted by molar-refractivity contribution is 0.270. The Labute approximate surface area is 130 Å². The van der Waals surface area contributed by atoms with Gasteiger partial charge in [0.05, 0.1) is 18.8 Å². The lowest BCUT2D eigenvalue weighted by atomic mass is 10.2. The zero-order valence-corrected chi connectivity index (χ0v) is 13.4. The van der Waals surface area contributed by atoms with Crippen LogP contribution in [-0.2, 0) is 0 Å². The molecule has 0 aliphatic carbocycles. The Morgan fingerprint density at radius 1 is 1.05 bits per heavy atom. The fraction of sp³-hybridized carbons (Fsp3) is 0.353. The van der Waals surface area contributed by atoms with Crippen LogP contribution in [0.3, 0.4) is 0 Å². The molecule has 1 fully saturated rings. The molecule has 0 N–H and O–H groups in total. The van der Waals surface area contributed by atoms with E-state index in [4.69, 9.17) is 5.10 Å². The normalized spacial score (nSPS) is 16.4. The summed E-state index contributed by atoms with van der Waals surface area (Å²) in [6.07, 6.45) is 0. The zero-order chi connectivity index (χ0) is 14.7. The van der Waals surface area contributed by atoms with Gasteiger partial charge in [0.1, 0.15) is 0 Å². The zero-order valence-electron chi connectivity index (χ0n) is 12.6. The van der Waals surface area contributed by atoms with Gasteiger partial charge in [0.15, 0.2) is 0 Å². The van der Waals surface area contributed by atoms with E-state index in [0.29, 0.717) is 0 Å². The molecule has 0 atom stereocenters. The molecule has 0 unspecified atom stereocenters. The number of thiophene rings is 1. The van der Waals surface area contributed by atoms with E-state index in [2.05, 4.69) is 65.5 Å². The first-order valence-corrected chi connectivity index (χ1v) is 8.26. The van der Waals surface area contributed by atoms with Crippen LogP contribution in [0.5, 0.6) is 0 Å². The average Bonchev–Trinajstić information content (AvgIpc) is 3.03. The molecule has 0 bridgehead atoms. The van der Waals surface area contributed by atoms with Crippen LogP contribution >= 0.6 is 11.3 Å². The molecule has 3 nitrogen and oxygen atoms in total. The standard InChI is InChI=1S/C17H21N3S/c1-14-5-7-16(8-6-14)19-9-11-20(12-10-19)18-15(2)17-4-3-13-21-17/h3-8,13H,9-12H2,1-2H3. The maximum absolute atomic E-state index is 4.75. The molecule has 1 aliphatic heterocycles. The monoisotopic (exact) mass is 299 g/mol. The highest BCUT2D eigenvalue weighted by Crippen LogP contribution is 2.18. The number of benzene rings is 1. The lowest BCUT2D eigenvalue weighted by Crippen LogP contribution is -2.44. The van der Waals surface area contributed by atoms with Crippen LogP contribution in [0.15, 0.2) is 46.9 Å². The van der Waals surface area contributed by atoms with E-state index in [1.165, 1.54) is 16.1 Å². The Bertz CT molecular complexity index is 593. The smallest absolute Gasteiger partial charge is 0.0746 e. The summed E-state index contributed by atoms with van der Waals surface area (Å²) in [5, 5.41) is 9.05. The summed E-state index contributed by atoms with van der Waals surface area (Å²) in [7, 11) is 0. The number of nitrogens with zero attached hydrogens (tertiary/aromatic N) is 3. The predicted molar refractivity (Wildman–Crippen MR) is 91.5 cm³/mol. The van der Waals surface area contributed by atoms with Crippen LogP contribution < -0.4 is 4.90 Å². The second-order valence-electron chi connectivity index (χ2n) is 5.44. The van der Waals surface area contributed by atoms with Crippen LogP contribution in [-0.4, -0.2) is 36.9 Å². The SMILES string of the molecule is CC(=NN1CCN(c2ccc(C)cc2)CC1)c1cccs1. The molecule has 4 heteroatoms. The lowest BCUT2D eigenvalue weighted by Gasteiger charge is -2.35. The number of hydrogen-bond donors (Lipinski definition) is 0. The molecule has 2 aromatic rings. The van der Waals surface area contributed by atoms with Crippen LogP contribution in [0.2, 0.25) is 0 Å². The molecular formula is C17H21N3S. The van der Waals surface area contributed by atoms with Crippen molar-refractivity contribution in [3.05, 3.63) is 52.2 Å². The minimum atomic E-state index is 0.983.